The summed E-state index contributed by atoms with van der Waals surface area (Å²) in [6.45, 7) is 5.20. The number of nitrogens with zero attached hydrogens (tertiary/aromatic N) is 2. The lowest BCUT2D eigenvalue weighted by molar-refractivity contribution is -0.143. The Bertz CT molecular complexity index is 1320. The first kappa shape index (κ1) is 24.3. The van der Waals surface area contributed by atoms with Crippen molar-refractivity contribution in [1.29, 1.82) is 0 Å². The lowest BCUT2D eigenvalue weighted by Crippen LogP contribution is -2.23. The Morgan fingerprint density at radius 1 is 1.16 bits per heavy atom. The summed E-state index contributed by atoms with van der Waals surface area (Å²) in [5.74, 6) is -0.807. The van der Waals surface area contributed by atoms with Crippen molar-refractivity contribution in [1.82, 2.24) is 4.57 Å². The van der Waals surface area contributed by atoms with Gasteiger partial charge in [0.15, 0.2) is 14.6 Å². The Kier molecular flexibility index (Phi) is 7.68. The molecule has 1 aromatic heterocycles. The van der Waals surface area contributed by atoms with E-state index in [4.69, 9.17) is 4.74 Å². The zero-order valence-electron chi connectivity index (χ0n) is 17.9. The maximum atomic E-state index is 12.7. The quantitative estimate of drug-likeness (QED) is 0.425. The summed E-state index contributed by atoms with van der Waals surface area (Å²) in [5, 5.41) is -0.521. The first-order chi connectivity index (χ1) is 15.1. The second-order valence-electron chi connectivity index (χ2n) is 7.31. The van der Waals surface area contributed by atoms with Crippen molar-refractivity contribution in [2.75, 3.05) is 6.61 Å². The number of sulfone groups is 1. The maximum Gasteiger partial charge on any atom is 0.326 e. The van der Waals surface area contributed by atoms with E-state index in [1.807, 2.05) is 18.2 Å². The van der Waals surface area contributed by atoms with Crippen molar-refractivity contribution in [3.05, 3.63) is 57.3 Å². The number of rotatable bonds is 7. The van der Waals surface area contributed by atoms with E-state index < -0.39 is 27.0 Å². The maximum absolute atomic E-state index is 12.7. The highest BCUT2D eigenvalue weighted by molar-refractivity contribution is 9.10. The number of hydrogen-bond donors (Lipinski definition) is 0. The smallest absolute Gasteiger partial charge is 0.326 e. The fourth-order valence-electron chi connectivity index (χ4n) is 3.01. The first-order valence-electron chi connectivity index (χ1n) is 9.96. The normalized spacial score (nSPS) is 12.5. The Balaban J connectivity index is 1.91. The molecule has 1 amide bonds. The molecule has 0 unspecified atom stereocenters. The second-order valence-corrected chi connectivity index (χ2v) is 11.7. The molecule has 0 saturated heterocycles. The van der Waals surface area contributed by atoms with Gasteiger partial charge in [-0.15, -0.1) is 0 Å². The molecule has 10 heteroatoms. The average molecular weight is 539 g/mol. The highest BCUT2D eigenvalue weighted by atomic mass is 79.9. The first-order valence-corrected chi connectivity index (χ1v) is 13.1. The van der Waals surface area contributed by atoms with Gasteiger partial charge in [0, 0.05) is 4.47 Å². The Morgan fingerprint density at radius 2 is 1.84 bits per heavy atom. The van der Waals surface area contributed by atoms with Gasteiger partial charge in [-0.05, 0) is 56.7 Å². The van der Waals surface area contributed by atoms with Crippen LogP contribution in [-0.4, -0.2) is 36.7 Å². The molecule has 0 atom stereocenters. The number of benzene rings is 2. The van der Waals surface area contributed by atoms with Crippen LogP contribution >= 0.6 is 27.3 Å². The molecule has 3 rings (SSSR count). The largest absolute Gasteiger partial charge is 0.465 e. The molecule has 0 aliphatic carbocycles. The van der Waals surface area contributed by atoms with Crippen LogP contribution in [0.4, 0.5) is 0 Å². The van der Waals surface area contributed by atoms with E-state index in [1.165, 1.54) is 23.5 Å². The minimum absolute atomic E-state index is 0.0132. The molecule has 3 aromatic rings. The van der Waals surface area contributed by atoms with Gasteiger partial charge in [0.25, 0.3) is 5.91 Å². The summed E-state index contributed by atoms with van der Waals surface area (Å²) < 4.78 is 33.0. The van der Waals surface area contributed by atoms with Gasteiger partial charge in [-0.1, -0.05) is 39.4 Å². The number of hydrogen-bond acceptors (Lipinski definition) is 6. The van der Waals surface area contributed by atoms with E-state index in [2.05, 4.69) is 20.9 Å². The fourth-order valence-corrected chi connectivity index (χ4v) is 5.67. The predicted octanol–water partition coefficient (Wildman–Crippen LogP) is 3.88. The Hall–Kier alpha value is -2.30. The van der Waals surface area contributed by atoms with Crippen molar-refractivity contribution < 1.29 is 22.7 Å². The third-order valence-electron chi connectivity index (χ3n) is 4.69. The van der Waals surface area contributed by atoms with Crippen molar-refractivity contribution in [3.63, 3.8) is 0 Å². The molecular formula is C22H23BrN2O5S2. The minimum atomic E-state index is -3.37. The SMILES string of the molecule is CCOC(=O)Cn1c(=NC(=O)Cc2ccc(S(=O)(=O)C(C)C)cc2)sc2cc(Br)ccc21. The van der Waals surface area contributed by atoms with Crippen LogP contribution in [0.5, 0.6) is 0 Å². The van der Waals surface area contributed by atoms with E-state index in [1.54, 1.807) is 37.5 Å². The van der Waals surface area contributed by atoms with E-state index >= 15 is 0 Å². The zero-order valence-corrected chi connectivity index (χ0v) is 21.1. The van der Waals surface area contributed by atoms with Crippen molar-refractivity contribution in [2.24, 2.45) is 4.99 Å². The number of aromatic nitrogens is 1. The number of carbonyl (C=O) groups excluding carboxylic acids is 2. The molecule has 32 heavy (non-hydrogen) atoms. The summed E-state index contributed by atoms with van der Waals surface area (Å²) in [6.07, 6.45) is 0.0132. The molecule has 7 nitrogen and oxygen atoms in total. The summed E-state index contributed by atoms with van der Waals surface area (Å²) >= 11 is 4.74. The molecule has 1 heterocycles. The van der Waals surface area contributed by atoms with Crippen molar-refractivity contribution in [3.8, 4) is 0 Å². The molecular weight excluding hydrogens is 516 g/mol. The molecule has 2 aromatic carbocycles. The van der Waals surface area contributed by atoms with Gasteiger partial charge < -0.3 is 9.30 Å². The van der Waals surface area contributed by atoms with Crippen LogP contribution in [0, 0.1) is 0 Å². The molecule has 0 saturated carbocycles. The van der Waals surface area contributed by atoms with E-state index in [-0.39, 0.29) is 24.5 Å². The number of fused-ring (bicyclic) bond motifs is 1. The van der Waals surface area contributed by atoms with Gasteiger partial charge in [-0.25, -0.2) is 8.42 Å². The highest BCUT2D eigenvalue weighted by Crippen LogP contribution is 2.22. The van der Waals surface area contributed by atoms with Gasteiger partial charge >= 0.3 is 5.97 Å². The highest BCUT2D eigenvalue weighted by Gasteiger charge is 2.19. The topological polar surface area (TPSA) is 94.8 Å². The van der Waals surface area contributed by atoms with Crippen LogP contribution in [0.15, 0.2) is 56.8 Å². The molecule has 0 N–H and O–H groups in total. The Morgan fingerprint density at radius 3 is 2.47 bits per heavy atom. The van der Waals surface area contributed by atoms with Crippen LogP contribution in [0.3, 0.4) is 0 Å². The monoisotopic (exact) mass is 538 g/mol. The summed E-state index contributed by atoms with van der Waals surface area (Å²) in [4.78, 5) is 29.6. The van der Waals surface area contributed by atoms with Gasteiger partial charge in [0.2, 0.25) is 0 Å². The van der Waals surface area contributed by atoms with E-state index in [0.717, 1.165) is 14.7 Å². The molecule has 0 fully saturated rings. The molecule has 0 spiro atoms. The van der Waals surface area contributed by atoms with Crippen LogP contribution in [0.1, 0.15) is 26.3 Å². The van der Waals surface area contributed by atoms with Crippen molar-refractivity contribution >= 4 is 59.2 Å². The molecule has 0 bridgehead atoms. The second kappa shape index (κ2) is 10.1. The predicted molar refractivity (Wildman–Crippen MR) is 127 cm³/mol. The van der Waals surface area contributed by atoms with Gasteiger partial charge in [-0.3, -0.25) is 9.59 Å². The number of amides is 1. The van der Waals surface area contributed by atoms with E-state index in [9.17, 15) is 18.0 Å². The third kappa shape index (κ3) is 5.54. The minimum Gasteiger partial charge on any atom is -0.465 e. The number of ether oxygens (including phenoxy) is 1. The van der Waals surface area contributed by atoms with Gasteiger partial charge in [0.1, 0.15) is 6.54 Å². The van der Waals surface area contributed by atoms with Crippen LogP contribution in [-0.2, 0) is 37.1 Å². The van der Waals surface area contributed by atoms with Crippen molar-refractivity contribution in [2.45, 2.75) is 43.9 Å². The van der Waals surface area contributed by atoms with Gasteiger partial charge in [0.05, 0.1) is 33.4 Å². The average Bonchev–Trinajstić information content (AvgIpc) is 3.04. The lowest BCUT2D eigenvalue weighted by Gasteiger charge is -2.08. The van der Waals surface area contributed by atoms with Gasteiger partial charge in [-0.2, -0.15) is 4.99 Å². The summed E-state index contributed by atoms with van der Waals surface area (Å²) in [7, 11) is -3.37. The molecule has 0 aliphatic rings. The summed E-state index contributed by atoms with van der Waals surface area (Å²) in [6, 6.07) is 11.9. The number of thiazole rings is 1. The number of carbonyl (C=O) groups is 2. The number of halogens is 1. The summed E-state index contributed by atoms with van der Waals surface area (Å²) in [5.41, 5.74) is 1.43. The Labute approximate surface area is 198 Å². The third-order valence-corrected chi connectivity index (χ3v) is 8.39. The zero-order chi connectivity index (χ0) is 23.5. The molecule has 0 aliphatic heterocycles. The van der Waals surface area contributed by atoms with Crippen LogP contribution < -0.4 is 4.80 Å². The molecule has 0 radical (unpaired) electrons. The number of esters is 1. The van der Waals surface area contributed by atoms with Crippen LogP contribution in [0.2, 0.25) is 0 Å². The molecule has 170 valence electrons. The van der Waals surface area contributed by atoms with Crippen LogP contribution in [0.25, 0.3) is 10.2 Å². The fraction of sp³-hybridized carbons (Fsp3) is 0.318. The van der Waals surface area contributed by atoms with E-state index in [0.29, 0.717) is 10.4 Å². The standard InChI is InChI=1S/C22H23BrN2O5S2/c1-4-30-21(27)13-25-18-10-7-16(23)12-19(18)31-22(25)24-20(26)11-15-5-8-17(9-6-15)32(28,29)14(2)3/h5-10,12,14H,4,11,13H2,1-3H3. The lowest BCUT2D eigenvalue weighted by atomic mass is 10.1.